The summed E-state index contributed by atoms with van der Waals surface area (Å²) in [6.07, 6.45) is -2.55. The first kappa shape index (κ1) is 13.8. The fourth-order valence-electron chi connectivity index (χ4n) is 2.16. The normalized spacial score (nSPS) is 31.7. The van der Waals surface area contributed by atoms with Gasteiger partial charge in [-0.1, -0.05) is 6.92 Å². The van der Waals surface area contributed by atoms with E-state index in [2.05, 4.69) is 5.32 Å². The van der Waals surface area contributed by atoms with Crippen molar-refractivity contribution in [3.05, 3.63) is 0 Å². The molecule has 1 fully saturated rings. The summed E-state index contributed by atoms with van der Waals surface area (Å²) in [5.41, 5.74) is -0.934. The molecule has 96 valence electrons. The van der Waals surface area contributed by atoms with Crippen molar-refractivity contribution in [1.29, 1.82) is 0 Å². The van der Waals surface area contributed by atoms with Gasteiger partial charge in [-0.15, -0.1) is 0 Å². The zero-order valence-electron chi connectivity index (χ0n) is 9.61. The summed E-state index contributed by atoms with van der Waals surface area (Å²) < 4.78 is 37.2. The van der Waals surface area contributed by atoms with E-state index in [0.29, 0.717) is 6.54 Å². The van der Waals surface area contributed by atoms with E-state index in [1.807, 2.05) is 6.92 Å². The Morgan fingerprint density at radius 1 is 1.31 bits per heavy atom. The minimum atomic E-state index is -4.10. The number of halogens is 3. The molecule has 1 aliphatic carbocycles. The van der Waals surface area contributed by atoms with Crippen LogP contribution in [0.25, 0.3) is 0 Å². The van der Waals surface area contributed by atoms with Crippen molar-refractivity contribution in [3.63, 3.8) is 0 Å². The maximum Gasteiger partial charge on any atom is 0.391 e. The molecule has 0 aliphatic heterocycles. The summed E-state index contributed by atoms with van der Waals surface area (Å²) in [5, 5.41) is 13.1. The van der Waals surface area contributed by atoms with Gasteiger partial charge in [0.15, 0.2) is 0 Å². The van der Waals surface area contributed by atoms with Crippen LogP contribution in [-0.2, 0) is 0 Å². The molecule has 0 amide bonds. The van der Waals surface area contributed by atoms with E-state index in [4.69, 9.17) is 0 Å². The molecule has 0 atom stereocenters. The number of hydrogen-bond acceptors (Lipinski definition) is 2. The summed E-state index contributed by atoms with van der Waals surface area (Å²) in [5.74, 6) is -1.22. The number of hydrogen-bond donors (Lipinski definition) is 2. The van der Waals surface area contributed by atoms with Gasteiger partial charge < -0.3 is 10.4 Å². The summed E-state index contributed by atoms with van der Waals surface area (Å²) in [6, 6.07) is 0. The molecule has 1 rings (SSSR count). The molecule has 0 radical (unpaired) electrons. The predicted molar refractivity (Wildman–Crippen MR) is 56.1 cm³/mol. The van der Waals surface area contributed by atoms with Crippen molar-refractivity contribution in [1.82, 2.24) is 5.32 Å². The molecule has 0 unspecified atom stereocenters. The number of rotatable bonds is 4. The molecule has 2 N–H and O–H groups in total. The topological polar surface area (TPSA) is 32.3 Å². The quantitative estimate of drug-likeness (QED) is 0.739. The fraction of sp³-hybridized carbons (Fsp3) is 1.00. The molecule has 0 aromatic heterocycles. The molecular weight excluding hydrogens is 219 g/mol. The minimum Gasteiger partial charge on any atom is -0.389 e. The van der Waals surface area contributed by atoms with E-state index < -0.39 is 17.7 Å². The number of aliphatic hydroxyl groups is 1. The van der Waals surface area contributed by atoms with Gasteiger partial charge in [-0.3, -0.25) is 0 Å². The van der Waals surface area contributed by atoms with E-state index in [1.54, 1.807) is 0 Å². The third-order valence-electron chi connectivity index (χ3n) is 3.26. The van der Waals surface area contributed by atoms with E-state index in [9.17, 15) is 18.3 Å². The van der Waals surface area contributed by atoms with Gasteiger partial charge >= 0.3 is 6.18 Å². The van der Waals surface area contributed by atoms with Gasteiger partial charge in [0.1, 0.15) is 0 Å². The van der Waals surface area contributed by atoms with Gasteiger partial charge in [-0.05, 0) is 38.6 Å². The Bertz CT molecular complexity index is 210. The van der Waals surface area contributed by atoms with Gasteiger partial charge in [0.25, 0.3) is 0 Å². The first-order valence-electron chi connectivity index (χ1n) is 5.87. The molecule has 16 heavy (non-hydrogen) atoms. The second-order valence-electron chi connectivity index (χ2n) is 4.72. The summed E-state index contributed by atoms with van der Waals surface area (Å²) in [7, 11) is 0. The number of nitrogens with one attached hydrogen (secondary N) is 1. The maximum absolute atomic E-state index is 12.4. The maximum atomic E-state index is 12.4. The van der Waals surface area contributed by atoms with Gasteiger partial charge in [0.05, 0.1) is 11.5 Å². The third kappa shape index (κ3) is 3.94. The SMILES string of the molecule is CCCNCC1(O)CCC(C(F)(F)F)CC1. The van der Waals surface area contributed by atoms with Crippen LogP contribution in [0.4, 0.5) is 13.2 Å². The van der Waals surface area contributed by atoms with Crippen molar-refractivity contribution in [3.8, 4) is 0 Å². The van der Waals surface area contributed by atoms with Crippen molar-refractivity contribution in [2.45, 2.75) is 50.8 Å². The largest absolute Gasteiger partial charge is 0.391 e. The highest BCUT2D eigenvalue weighted by Crippen LogP contribution is 2.40. The first-order chi connectivity index (χ1) is 7.37. The lowest BCUT2D eigenvalue weighted by Crippen LogP contribution is -2.45. The average molecular weight is 239 g/mol. The van der Waals surface area contributed by atoms with Gasteiger partial charge in [-0.2, -0.15) is 13.2 Å². The van der Waals surface area contributed by atoms with Gasteiger partial charge in [-0.25, -0.2) is 0 Å². The zero-order chi connectivity index (χ0) is 12.2. The molecule has 2 nitrogen and oxygen atoms in total. The standard InChI is InChI=1S/C11H20F3NO/c1-2-7-15-8-10(16)5-3-9(4-6-10)11(12,13)14/h9,15-16H,2-8H2,1H3. The van der Waals surface area contributed by atoms with Crippen LogP contribution in [-0.4, -0.2) is 30.0 Å². The van der Waals surface area contributed by atoms with Crippen LogP contribution in [0.5, 0.6) is 0 Å². The van der Waals surface area contributed by atoms with Crippen LogP contribution >= 0.6 is 0 Å². The Hall–Kier alpha value is -0.290. The molecule has 0 saturated heterocycles. The van der Waals surface area contributed by atoms with Crippen LogP contribution in [0.3, 0.4) is 0 Å². The Balaban J connectivity index is 2.35. The highest BCUT2D eigenvalue weighted by Gasteiger charge is 2.44. The van der Waals surface area contributed by atoms with Crippen LogP contribution in [0, 0.1) is 5.92 Å². The van der Waals surface area contributed by atoms with Crippen molar-refractivity contribution in [2.24, 2.45) is 5.92 Å². The molecular formula is C11H20F3NO. The second kappa shape index (κ2) is 5.36. The lowest BCUT2D eigenvalue weighted by atomic mass is 9.78. The average Bonchev–Trinajstić information content (AvgIpc) is 2.17. The van der Waals surface area contributed by atoms with E-state index in [0.717, 1.165) is 13.0 Å². The van der Waals surface area contributed by atoms with Crippen LogP contribution in [0.15, 0.2) is 0 Å². The Labute approximate surface area is 94.2 Å². The van der Waals surface area contributed by atoms with Gasteiger partial charge in [0, 0.05) is 6.54 Å². The number of alkyl halides is 3. The monoisotopic (exact) mass is 239 g/mol. The minimum absolute atomic E-state index is 0.0494. The smallest absolute Gasteiger partial charge is 0.389 e. The Kier molecular flexibility index (Phi) is 4.62. The first-order valence-corrected chi connectivity index (χ1v) is 5.87. The molecule has 0 aromatic carbocycles. The highest BCUT2D eigenvalue weighted by molar-refractivity contribution is 4.89. The molecule has 0 spiro atoms. The zero-order valence-corrected chi connectivity index (χ0v) is 9.61. The summed E-state index contributed by atoms with van der Waals surface area (Å²) in [6.45, 7) is 3.22. The van der Waals surface area contributed by atoms with Crippen molar-refractivity contribution >= 4 is 0 Å². The molecule has 0 heterocycles. The summed E-state index contributed by atoms with van der Waals surface area (Å²) in [4.78, 5) is 0. The molecule has 0 aromatic rings. The lowest BCUT2D eigenvalue weighted by Gasteiger charge is -2.36. The summed E-state index contributed by atoms with van der Waals surface area (Å²) >= 11 is 0. The van der Waals surface area contributed by atoms with Crippen molar-refractivity contribution in [2.75, 3.05) is 13.1 Å². The predicted octanol–water partition coefficient (Wildman–Crippen LogP) is 2.47. The fourth-order valence-corrected chi connectivity index (χ4v) is 2.16. The van der Waals surface area contributed by atoms with Crippen LogP contribution in [0.2, 0.25) is 0 Å². The lowest BCUT2D eigenvalue weighted by molar-refractivity contribution is -0.191. The van der Waals surface area contributed by atoms with E-state index in [1.165, 1.54) is 0 Å². The van der Waals surface area contributed by atoms with Crippen LogP contribution in [0.1, 0.15) is 39.0 Å². The second-order valence-corrected chi connectivity index (χ2v) is 4.72. The van der Waals surface area contributed by atoms with Crippen molar-refractivity contribution < 1.29 is 18.3 Å². The van der Waals surface area contributed by atoms with E-state index in [-0.39, 0.29) is 25.7 Å². The van der Waals surface area contributed by atoms with Gasteiger partial charge in [0.2, 0.25) is 0 Å². The molecule has 0 bridgehead atoms. The molecule has 1 saturated carbocycles. The molecule has 1 aliphatic rings. The third-order valence-corrected chi connectivity index (χ3v) is 3.26. The highest BCUT2D eigenvalue weighted by atomic mass is 19.4. The Morgan fingerprint density at radius 3 is 2.31 bits per heavy atom. The van der Waals surface area contributed by atoms with E-state index >= 15 is 0 Å². The Morgan fingerprint density at radius 2 is 1.88 bits per heavy atom. The molecule has 5 heteroatoms. The van der Waals surface area contributed by atoms with Crippen LogP contribution < -0.4 is 5.32 Å².